The molecule has 2 rings (SSSR count). The van der Waals surface area contributed by atoms with Gasteiger partial charge in [0, 0.05) is 23.4 Å². The Morgan fingerprint density at radius 2 is 2.50 bits per heavy atom. The smallest absolute Gasteiger partial charge is 0.141 e. The molecule has 2 unspecified atom stereocenters. The number of hydrogen-bond acceptors (Lipinski definition) is 3. The molecule has 1 saturated carbocycles. The number of rotatable bonds is 3. The SMILES string of the molecule is CC1CCCC1C(=O)Cc1cncs1. The van der Waals surface area contributed by atoms with Crippen molar-refractivity contribution in [2.75, 3.05) is 0 Å². The number of aromatic nitrogens is 1. The summed E-state index contributed by atoms with van der Waals surface area (Å²) in [6.07, 6.45) is 5.94. The van der Waals surface area contributed by atoms with Crippen LogP contribution < -0.4 is 0 Å². The molecule has 76 valence electrons. The van der Waals surface area contributed by atoms with Crippen LogP contribution in [0.5, 0.6) is 0 Å². The number of nitrogens with zero attached hydrogens (tertiary/aromatic N) is 1. The molecule has 0 aromatic carbocycles. The van der Waals surface area contributed by atoms with Gasteiger partial charge in [0.25, 0.3) is 0 Å². The van der Waals surface area contributed by atoms with Gasteiger partial charge in [-0.2, -0.15) is 0 Å². The fourth-order valence-corrected chi connectivity index (χ4v) is 2.86. The van der Waals surface area contributed by atoms with Gasteiger partial charge in [-0.25, -0.2) is 0 Å². The molecule has 3 heteroatoms. The molecule has 0 spiro atoms. The van der Waals surface area contributed by atoms with Crippen LogP contribution in [0, 0.1) is 11.8 Å². The normalized spacial score (nSPS) is 26.6. The molecule has 2 atom stereocenters. The van der Waals surface area contributed by atoms with E-state index >= 15 is 0 Å². The first kappa shape index (κ1) is 9.84. The third-order valence-electron chi connectivity index (χ3n) is 3.11. The molecule has 1 aromatic heterocycles. The molecular weight excluding hydrogens is 194 g/mol. The molecule has 14 heavy (non-hydrogen) atoms. The van der Waals surface area contributed by atoms with Gasteiger partial charge in [0.2, 0.25) is 0 Å². The van der Waals surface area contributed by atoms with Crippen LogP contribution in [-0.2, 0) is 11.2 Å². The second kappa shape index (κ2) is 4.22. The van der Waals surface area contributed by atoms with E-state index in [-0.39, 0.29) is 0 Å². The highest BCUT2D eigenvalue weighted by Gasteiger charge is 2.29. The van der Waals surface area contributed by atoms with Crippen molar-refractivity contribution in [2.24, 2.45) is 11.8 Å². The van der Waals surface area contributed by atoms with Crippen LogP contribution in [0.1, 0.15) is 31.1 Å². The maximum Gasteiger partial charge on any atom is 0.141 e. The summed E-state index contributed by atoms with van der Waals surface area (Å²) in [6, 6.07) is 0. The monoisotopic (exact) mass is 209 g/mol. The van der Waals surface area contributed by atoms with E-state index in [1.54, 1.807) is 16.8 Å². The Morgan fingerprint density at radius 1 is 1.64 bits per heavy atom. The summed E-state index contributed by atoms with van der Waals surface area (Å²) in [7, 11) is 0. The van der Waals surface area contributed by atoms with Gasteiger partial charge in [0.05, 0.1) is 5.51 Å². The zero-order chi connectivity index (χ0) is 9.97. The minimum atomic E-state index is 0.317. The summed E-state index contributed by atoms with van der Waals surface area (Å²) in [6.45, 7) is 2.20. The Hall–Kier alpha value is -0.700. The van der Waals surface area contributed by atoms with Gasteiger partial charge in [-0.1, -0.05) is 13.3 Å². The molecule has 0 saturated heterocycles. The number of ketones is 1. The predicted molar refractivity (Wildman–Crippen MR) is 57.3 cm³/mol. The lowest BCUT2D eigenvalue weighted by Crippen LogP contribution is -2.18. The van der Waals surface area contributed by atoms with Gasteiger partial charge in [-0.15, -0.1) is 11.3 Å². The van der Waals surface area contributed by atoms with Crippen molar-refractivity contribution in [3.8, 4) is 0 Å². The van der Waals surface area contributed by atoms with E-state index < -0.39 is 0 Å². The zero-order valence-electron chi connectivity index (χ0n) is 8.40. The van der Waals surface area contributed by atoms with Crippen LogP contribution >= 0.6 is 11.3 Å². The van der Waals surface area contributed by atoms with Gasteiger partial charge < -0.3 is 0 Å². The van der Waals surface area contributed by atoms with E-state index in [9.17, 15) is 4.79 Å². The molecule has 1 fully saturated rings. The Morgan fingerprint density at radius 3 is 3.07 bits per heavy atom. The highest BCUT2D eigenvalue weighted by Crippen LogP contribution is 2.32. The van der Waals surface area contributed by atoms with Crippen LogP contribution in [0.25, 0.3) is 0 Å². The minimum Gasteiger partial charge on any atom is -0.299 e. The largest absolute Gasteiger partial charge is 0.299 e. The summed E-state index contributed by atoms with van der Waals surface area (Å²) < 4.78 is 0. The van der Waals surface area contributed by atoms with Crippen LogP contribution in [0.2, 0.25) is 0 Å². The molecule has 2 nitrogen and oxygen atoms in total. The van der Waals surface area contributed by atoms with Crippen molar-refractivity contribution in [3.05, 3.63) is 16.6 Å². The van der Waals surface area contributed by atoms with E-state index in [1.165, 1.54) is 12.8 Å². The van der Waals surface area contributed by atoms with E-state index in [1.807, 2.05) is 6.20 Å². The second-order valence-corrected chi connectivity index (χ2v) is 5.10. The van der Waals surface area contributed by atoms with Crippen molar-refractivity contribution in [2.45, 2.75) is 32.6 Å². The number of carbonyl (C=O) groups excluding carboxylic acids is 1. The zero-order valence-corrected chi connectivity index (χ0v) is 9.22. The van der Waals surface area contributed by atoms with Gasteiger partial charge in [0.15, 0.2) is 0 Å². The van der Waals surface area contributed by atoms with Crippen molar-refractivity contribution in [1.82, 2.24) is 4.98 Å². The first-order valence-corrected chi connectivity index (χ1v) is 6.05. The van der Waals surface area contributed by atoms with E-state index in [4.69, 9.17) is 0 Å². The molecule has 0 amide bonds. The fraction of sp³-hybridized carbons (Fsp3) is 0.636. The molecule has 0 radical (unpaired) electrons. The quantitative estimate of drug-likeness (QED) is 0.766. The summed E-state index contributed by atoms with van der Waals surface area (Å²) in [5, 5.41) is 0. The van der Waals surface area contributed by atoms with Crippen LogP contribution in [0.15, 0.2) is 11.7 Å². The maximum absolute atomic E-state index is 11.9. The molecule has 0 bridgehead atoms. The lowest BCUT2D eigenvalue weighted by Gasteiger charge is -2.12. The number of hydrogen-bond donors (Lipinski definition) is 0. The number of carbonyl (C=O) groups is 1. The molecule has 0 aliphatic heterocycles. The topological polar surface area (TPSA) is 30.0 Å². The Bertz CT molecular complexity index is 307. The van der Waals surface area contributed by atoms with Crippen molar-refractivity contribution >= 4 is 17.1 Å². The standard InChI is InChI=1S/C11H15NOS/c1-8-3-2-4-10(8)11(13)5-9-6-12-7-14-9/h6-8,10H,2-5H2,1H3. The minimum absolute atomic E-state index is 0.317. The average Bonchev–Trinajstić information content (AvgIpc) is 2.75. The lowest BCUT2D eigenvalue weighted by molar-refractivity contribution is -0.123. The van der Waals surface area contributed by atoms with Crippen LogP contribution in [0.4, 0.5) is 0 Å². The first-order valence-electron chi connectivity index (χ1n) is 5.17. The highest BCUT2D eigenvalue weighted by atomic mass is 32.1. The first-order chi connectivity index (χ1) is 6.77. The third-order valence-corrected chi connectivity index (χ3v) is 3.89. The fourth-order valence-electron chi connectivity index (χ4n) is 2.26. The van der Waals surface area contributed by atoms with Crippen molar-refractivity contribution in [3.63, 3.8) is 0 Å². The molecular formula is C11H15NOS. The van der Waals surface area contributed by atoms with Gasteiger partial charge in [-0.05, 0) is 18.8 Å². The summed E-state index contributed by atoms with van der Waals surface area (Å²) in [5.41, 5.74) is 1.79. The number of thiazole rings is 1. The predicted octanol–water partition coefficient (Wildman–Crippen LogP) is 2.69. The third kappa shape index (κ3) is 2.03. The van der Waals surface area contributed by atoms with Gasteiger partial charge in [0.1, 0.15) is 5.78 Å². The molecule has 1 aliphatic rings. The van der Waals surface area contributed by atoms with E-state index in [0.29, 0.717) is 24.0 Å². The Kier molecular flexibility index (Phi) is 2.96. The van der Waals surface area contributed by atoms with Gasteiger partial charge in [-0.3, -0.25) is 9.78 Å². The molecule has 1 heterocycles. The molecule has 1 aliphatic carbocycles. The van der Waals surface area contributed by atoms with Crippen LogP contribution in [0.3, 0.4) is 0 Å². The molecule has 0 N–H and O–H groups in total. The Balaban J connectivity index is 1.95. The summed E-state index contributed by atoms with van der Waals surface area (Å²) in [5.74, 6) is 1.33. The van der Waals surface area contributed by atoms with Crippen LogP contribution in [-0.4, -0.2) is 10.8 Å². The van der Waals surface area contributed by atoms with E-state index in [0.717, 1.165) is 11.3 Å². The lowest BCUT2D eigenvalue weighted by atomic mass is 9.92. The van der Waals surface area contributed by atoms with Crippen molar-refractivity contribution < 1.29 is 4.79 Å². The average molecular weight is 209 g/mol. The van der Waals surface area contributed by atoms with Gasteiger partial charge >= 0.3 is 0 Å². The molecule has 1 aromatic rings. The second-order valence-electron chi connectivity index (χ2n) is 4.13. The summed E-state index contributed by atoms with van der Waals surface area (Å²) in [4.78, 5) is 17.0. The van der Waals surface area contributed by atoms with E-state index in [2.05, 4.69) is 11.9 Å². The van der Waals surface area contributed by atoms with Crippen molar-refractivity contribution in [1.29, 1.82) is 0 Å². The summed E-state index contributed by atoms with van der Waals surface area (Å²) >= 11 is 1.58. The Labute approximate surface area is 88.4 Å². The highest BCUT2D eigenvalue weighted by molar-refractivity contribution is 7.09. The maximum atomic E-state index is 11.9. The number of Topliss-reactive ketones (excluding diaryl/α,β-unsaturated/α-hetero) is 1.